The fourth-order valence-electron chi connectivity index (χ4n) is 4.03. The molecule has 0 amide bonds. The van der Waals surface area contributed by atoms with Gasteiger partial charge in [0.25, 0.3) is 0 Å². The van der Waals surface area contributed by atoms with Crippen molar-refractivity contribution in [1.29, 1.82) is 5.26 Å². The van der Waals surface area contributed by atoms with Gasteiger partial charge in [0.2, 0.25) is 11.8 Å². The van der Waals surface area contributed by atoms with Crippen molar-refractivity contribution in [3.05, 3.63) is 82.2 Å². The average Bonchev–Trinajstić information content (AvgIpc) is 3.44. The molecule has 172 valence electrons. The average molecular weight is 444 g/mol. The number of nitrogens with zero attached hydrogens (tertiary/aromatic N) is 2. The number of hydrogen-bond acceptors (Lipinski definition) is 5. The van der Waals surface area contributed by atoms with Crippen LogP contribution in [0, 0.1) is 11.3 Å². The topological polar surface area (TPSA) is 66.6 Å². The van der Waals surface area contributed by atoms with E-state index in [-0.39, 0.29) is 22.9 Å². The van der Waals surface area contributed by atoms with Crippen LogP contribution in [0.15, 0.2) is 65.0 Å². The van der Waals surface area contributed by atoms with E-state index in [9.17, 15) is 5.26 Å². The summed E-state index contributed by atoms with van der Waals surface area (Å²) in [5.41, 5.74) is 5.30. The van der Waals surface area contributed by atoms with Gasteiger partial charge in [-0.1, -0.05) is 90.1 Å². The van der Waals surface area contributed by atoms with Gasteiger partial charge in [-0.25, -0.2) is 4.99 Å². The van der Waals surface area contributed by atoms with Crippen LogP contribution in [-0.4, -0.2) is 19.1 Å². The predicted octanol–water partition coefficient (Wildman–Crippen LogP) is 5.85. The number of nitrogens with one attached hydrogen (secondary N) is 1. The monoisotopic (exact) mass is 443 g/mol. The molecular weight excluding hydrogens is 410 g/mol. The van der Waals surface area contributed by atoms with Crippen molar-refractivity contribution in [2.75, 3.05) is 13.2 Å². The molecule has 5 heteroatoms. The largest absolute Gasteiger partial charge is 0.476 e. The molecule has 1 saturated heterocycles. The minimum absolute atomic E-state index is 0.0138. The second kappa shape index (κ2) is 8.59. The summed E-state index contributed by atoms with van der Waals surface area (Å²) >= 11 is 0. The lowest BCUT2D eigenvalue weighted by Crippen LogP contribution is -2.17. The van der Waals surface area contributed by atoms with Gasteiger partial charge in [0.05, 0.1) is 6.04 Å². The lowest BCUT2D eigenvalue weighted by molar-refractivity contribution is 0.251. The number of aliphatic imine (C=N–C) groups is 1. The standard InChI is InChI=1S/C28H33N3O2/c1-27(2,3)20-11-7-18(8-12-20)23-16-32-25(30-23)22(15-29)26-31-24(17-33-26)19-9-13-21(14-10-19)28(4,5)6/h7-14,23-24,30H,16-17H2,1-6H3/t23-,24-/m0/s1. The Morgan fingerprint density at radius 2 is 1.39 bits per heavy atom. The Labute approximate surface area is 197 Å². The number of rotatable bonds is 3. The van der Waals surface area contributed by atoms with Crippen LogP contribution in [0.25, 0.3) is 0 Å². The lowest BCUT2D eigenvalue weighted by atomic mass is 9.86. The summed E-state index contributed by atoms with van der Waals surface area (Å²) in [5, 5.41) is 13.2. The highest BCUT2D eigenvalue weighted by molar-refractivity contribution is 5.98. The highest BCUT2D eigenvalue weighted by atomic mass is 16.5. The Balaban J connectivity index is 1.50. The Morgan fingerprint density at radius 3 is 1.91 bits per heavy atom. The van der Waals surface area contributed by atoms with Crippen LogP contribution >= 0.6 is 0 Å². The molecule has 0 aromatic heterocycles. The Bertz CT molecular complexity index is 1110. The first-order valence-corrected chi connectivity index (χ1v) is 11.5. The first-order valence-electron chi connectivity index (χ1n) is 11.5. The zero-order valence-electron chi connectivity index (χ0n) is 20.4. The molecule has 5 nitrogen and oxygen atoms in total. The van der Waals surface area contributed by atoms with Gasteiger partial charge in [-0.05, 0) is 33.1 Å². The summed E-state index contributed by atoms with van der Waals surface area (Å²) in [6.07, 6.45) is 0. The van der Waals surface area contributed by atoms with Crippen LogP contribution in [0.1, 0.15) is 75.9 Å². The quantitative estimate of drug-likeness (QED) is 0.605. The van der Waals surface area contributed by atoms with Gasteiger partial charge in [-0.15, -0.1) is 0 Å². The molecule has 2 aliphatic rings. The van der Waals surface area contributed by atoms with Gasteiger partial charge in [-0.3, -0.25) is 0 Å². The third-order valence-corrected chi connectivity index (χ3v) is 6.24. The molecule has 0 bridgehead atoms. The summed E-state index contributed by atoms with van der Waals surface area (Å²) < 4.78 is 11.7. The molecule has 2 aliphatic heterocycles. The van der Waals surface area contributed by atoms with E-state index >= 15 is 0 Å². The van der Waals surface area contributed by atoms with Crippen molar-refractivity contribution in [3.8, 4) is 6.07 Å². The van der Waals surface area contributed by atoms with Crippen molar-refractivity contribution in [1.82, 2.24) is 5.32 Å². The van der Waals surface area contributed by atoms with E-state index in [0.29, 0.717) is 30.6 Å². The third-order valence-electron chi connectivity index (χ3n) is 6.24. The maximum Gasteiger partial charge on any atom is 0.233 e. The third kappa shape index (κ3) is 4.90. The molecule has 33 heavy (non-hydrogen) atoms. The summed E-state index contributed by atoms with van der Waals surface area (Å²) in [6, 6.07) is 19.1. The zero-order chi connectivity index (χ0) is 23.8. The van der Waals surface area contributed by atoms with E-state index in [1.807, 2.05) is 0 Å². The Hall–Kier alpha value is -3.26. The molecular formula is C28H33N3O2. The Kier molecular flexibility index (Phi) is 5.97. The van der Waals surface area contributed by atoms with E-state index in [1.54, 1.807) is 0 Å². The number of ether oxygens (including phenoxy) is 2. The molecule has 2 aromatic rings. The summed E-state index contributed by atoms with van der Waals surface area (Å²) in [7, 11) is 0. The first-order chi connectivity index (χ1) is 15.6. The van der Waals surface area contributed by atoms with Crippen LogP contribution in [-0.2, 0) is 20.3 Å². The maximum absolute atomic E-state index is 9.82. The normalized spacial score (nSPS) is 22.0. The fourth-order valence-corrected chi connectivity index (χ4v) is 4.03. The van der Waals surface area contributed by atoms with Gasteiger partial charge >= 0.3 is 0 Å². The smallest absolute Gasteiger partial charge is 0.233 e. The summed E-state index contributed by atoms with van der Waals surface area (Å²) in [5.74, 6) is 0.776. The van der Waals surface area contributed by atoms with E-state index in [0.717, 1.165) is 11.1 Å². The van der Waals surface area contributed by atoms with E-state index in [1.165, 1.54) is 11.1 Å². The van der Waals surface area contributed by atoms with Crippen LogP contribution in [0.5, 0.6) is 0 Å². The number of benzene rings is 2. The summed E-state index contributed by atoms with van der Waals surface area (Å²) in [4.78, 5) is 4.70. The van der Waals surface area contributed by atoms with Crippen LogP contribution in [0.4, 0.5) is 0 Å². The first kappa shape index (κ1) is 22.9. The molecule has 0 aliphatic carbocycles. The fraction of sp³-hybridized carbons (Fsp3) is 0.429. The van der Waals surface area contributed by atoms with Gasteiger partial charge in [0, 0.05) is 0 Å². The van der Waals surface area contributed by atoms with Crippen molar-refractivity contribution in [3.63, 3.8) is 0 Å². The minimum Gasteiger partial charge on any atom is -0.476 e. The number of nitriles is 1. The summed E-state index contributed by atoms with van der Waals surface area (Å²) in [6.45, 7) is 14.1. The van der Waals surface area contributed by atoms with Crippen LogP contribution in [0.2, 0.25) is 0 Å². The molecule has 2 aromatic carbocycles. The number of hydrogen-bond donors (Lipinski definition) is 1. The van der Waals surface area contributed by atoms with Gasteiger partial charge in [0.15, 0.2) is 5.57 Å². The SMILES string of the molecule is CC(C)(C)c1ccc([C@@H]2COC(C(C#N)=C3N[C@H](c4ccc(C(C)(C)C)cc4)CO3)=N2)cc1. The molecule has 0 unspecified atom stereocenters. The molecule has 4 rings (SSSR count). The zero-order valence-corrected chi connectivity index (χ0v) is 20.4. The van der Waals surface area contributed by atoms with Crippen LogP contribution < -0.4 is 5.32 Å². The van der Waals surface area contributed by atoms with Crippen molar-refractivity contribution in [2.24, 2.45) is 4.99 Å². The molecule has 2 heterocycles. The molecule has 0 spiro atoms. The van der Waals surface area contributed by atoms with Gasteiger partial charge in [0.1, 0.15) is 25.3 Å². The minimum atomic E-state index is -0.125. The molecule has 1 N–H and O–H groups in total. The maximum atomic E-state index is 9.82. The van der Waals surface area contributed by atoms with Crippen molar-refractivity contribution in [2.45, 2.75) is 64.5 Å². The molecule has 0 radical (unpaired) electrons. The van der Waals surface area contributed by atoms with Crippen molar-refractivity contribution < 1.29 is 9.47 Å². The van der Waals surface area contributed by atoms with Crippen LogP contribution in [0.3, 0.4) is 0 Å². The molecule has 1 fully saturated rings. The van der Waals surface area contributed by atoms with E-state index < -0.39 is 0 Å². The lowest BCUT2D eigenvalue weighted by Gasteiger charge is -2.19. The second-order valence-corrected chi connectivity index (χ2v) is 10.8. The predicted molar refractivity (Wildman–Crippen MR) is 131 cm³/mol. The molecule has 2 atom stereocenters. The second-order valence-electron chi connectivity index (χ2n) is 10.8. The highest BCUT2D eigenvalue weighted by Gasteiger charge is 2.31. The van der Waals surface area contributed by atoms with E-state index in [4.69, 9.17) is 14.5 Å². The van der Waals surface area contributed by atoms with Crippen molar-refractivity contribution >= 4 is 5.90 Å². The van der Waals surface area contributed by atoms with E-state index in [2.05, 4.69) is 101 Å². The molecule has 0 saturated carbocycles. The van der Waals surface area contributed by atoms with Gasteiger partial charge < -0.3 is 14.8 Å². The highest BCUT2D eigenvalue weighted by Crippen LogP contribution is 2.31. The Morgan fingerprint density at radius 1 is 0.848 bits per heavy atom. The van der Waals surface area contributed by atoms with Gasteiger partial charge in [-0.2, -0.15) is 5.26 Å².